The van der Waals surface area contributed by atoms with E-state index in [0.29, 0.717) is 4.47 Å². The lowest BCUT2D eigenvalue weighted by molar-refractivity contribution is 0.632. The number of rotatable bonds is 1. The fourth-order valence-electron chi connectivity index (χ4n) is 0.804. The Labute approximate surface area is 104 Å². The van der Waals surface area contributed by atoms with Crippen molar-refractivity contribution >= 4 is 62.1 Å². The predicted octanol–water partition coefficient (Wildman–Crippen LogP) is 3.55. The number of anilines is 1. The molecule has 14 heavy (non-hydrogen) atoms. The van der Waals surface area contributed by atoms with Crippen LogP contribution in [0, 0.1) is 5.82 Å². The van der Waals surface area contributed by atoms with Crippen molar-refractivity contribution in [3.05, 3.63) is 26.4 Å². The molecule has 0 atom stereocenters. The van der Waals surface area contributed by atoms with Crippen LogP contribution in [0.1, 0.15) is 0 Å². The predicted molar refractivity (Wildman–Crippen MR) is 64.5 cm³/mol. The van der Waals surface area contributed by atoms with Gasteiger partial charge in [-0.25, -0.2) is 4.39 Å². The largest absolute Gasteiger partial charge is 0.376 e. The molecule has 1 aromatic carbocycles. The zero-order valence-corrected chi connectivity index (χ0v) is 10.5. The van der Waals surface area contributed by atoms with Gasteiger partial charge in [-0.15, -0.1) is 0 Å². The van der Waals surface area contributed by atoms with E-state index in [1.807, 2.05) is 0 Å². The molecular weight excluding hydrogens is 314 g/mol. The first kappa shape index (κ1) is 12.0. The zero-order chi connectivity index (χ0) is 10.9. The lowest BCUT2D eigenvalue weighted by Crippen LogP contribution is -2.20. The highest BCUT2D eigenvalue weighted by atomic mass is 79.9. The second-order valence-electron chi connectivity index (χ2n) is 2.33. The molecule has 1 aromatic rings. The third-order valence-electron chi connectivity index (χ3n) is 1.36. The second-order valence-corrected chi connectivity index (χ2v) is 4.41. The smallest absolute Gasteiger partial charge is 0.168 e. The molecular formula is C7H4BrCl2FN2S. The number of hydrogen-bond acceptors (Lipinski definition) is 1. The van der Waals surface area contributed by atoms with Gasteiger partial charge in [0.2, 0.25) is 0 Å². The van der Waals surface area contributed by atoms with Crippen LogP contribution in [0.2, 0.25) is 10.0 Å². The minimum Gasteiger partial charge on any atom is -0.376 e. The van der Waals surface area contributed by atoms with Gasteiger partial charge in [0, 0.05) is 4.47 Å². The van der Waals surface area contributed by atoms with Crippen LogP contribution in [0.25, 0.3) is 0 Å². The Kier molecular flexibility index (Phi) is 3.94. The van der Waals surface area contributed by atoms with E-state index in [0.717, 1.165) is 0 Å². The first-order valence-electron chi connectivity index (χ1n) is 3.33. The highest BCUT2D eigenvalue weighted by Gasteiger charge is 2.15. The fraction of sp³-hybridized carbons (Fsp3) is 0. The van der Waals surface area contributed by atoms with Gasteiger partial charge < -0.3 is 11.1 Å². The zero-order valence-electron chi connectivity index (χ0n) is 6.57. The van der Waals surface area contributed by atoms with Gasteiger partial charge in [0.25, 0.3) is 0 Å². The van der Waals surface area contributed by atoms with Gasteiger partial charge in [-0.05, 0) is 34.2 Å². The summed E-state index contributed by atoms with van der Waals surface area (Å²) in [6.07, 6.45) is 0. The van der Waals surface area contributed by atoms with Gasteiger partial charge in [0.1, 0.15) is 0 Å². The van der Waals surface area contributed by atoms with E-state index in [1.54, 1.807) is 0 Å². The van der Waals surface area contributed by atoms with Crippen molar-refractivity contribution in [3.63, 3.8) is 0 Å². The molecule has 2 nitrogen and oxygen atoms in total. The van der Waals surface area contributed by atoms with Crippen molar-refractivity contribution in [2.45, 2.75) is 0 Å². The number of nitrogens with two attached hydrogens (primary N) is 1. The van der Waals surface area contributed by atoms with Gasteiger partial charge in [-0.3, -0.25) is 0 Å². The SMILES string of the molecule is NC(=S)Nc1c(Br)cc(Cl)c(Cl)c1F. The normalized spacial score (nSPS) is 10.0. The third-order valence-corrected chi connectivity index (χ3v) is 2.85. The Morgan fingerprint density at radius 1 is 1.57 bits per heavy atom. The minimum absolute atomic E-state index is 0.0528. The molecule has 0 aliphatic heterocycles. The molecule has 0 spiro atoms. The lowest BCUT2D eigenvalue weighted by Gasteiger charge is -2.09. The molecule has 76 valence electrons. The Morgan fingerprint density at radius 2 is 2.14 bits per heavy atom. The van der Waals surface area contributed by atoms with E-state index in [1.165, 1.54) is 6.07 Å². The molecule has 0 saturated carbocycles. The van der Waals surface area contributed by atoms with E-state index in [4.69, 9.17) is 28.9 Å². The van der Waals surface area contributed by atoms with Crippen molar-refractivity contribution in [2.24, 2.45) is 5.73 Å². The summed E-state index contributed by atoms with van der Waals surface area (Å²) in [4.78, 5) is 0. The summed E-state index contributed by atoms with van der Waals surface area (Å²) in [5, 5.41) is 2.34. The fourth-order valence-corrected chi connectivity index (χ4v) is 1.88. The van der Waals surface area contributed by atoms with Gasteiger partial charge in [-0.1, -0.05) is 23.2 Å². The second kappa shape index (κ2) is 4.61. The minimum atomic E-state index is -0.696. The maximum atomic E-state index is 13.5. The summed E-state index contributed by atoms with van der Waals surface area (Å²) in [7, 11) is 0. The Morgan fingerprint density at radius 3 is 2.64 bits per heavy atom. The topological polar surface area (TPSA) is 38.0 Å². The van der Waals surface area contributed by atoms with Crippen LogP contribution in [0.4, 0.5) is 10.1 Å². The molecule has 0 fully saturated rings. The molecule has 0 aliphatic carbocycles. The number of hydrogen-bond donors (Lipinski definition) is 2. The average molecular weight is 318 g/mol. The van der Waals surface area contributed by atoms with Crippen LogP contribution in [0.3, 0.4) is 0 Å². The molecule has 0 aliphatic rings. The van der Waals surface area contributed by atoms with Crippen molar-refractivity contribution in [1.29, 1.82) is 0 Å². The Balaban J connectivity index is 3.29. The third kappa shape index (κ3) is 2.48. The molecule has 0 radical (unpaired) electrons. The molecule has 0 aromatic heterocycles. The van der Waals surface area contributed by atoms with Gasteiger partial charge in [-0.2, -0.15) is 0 Å². The van der Waals surface area contributed by atoms with Crippen LogP contribution in [0.15, 0.2) is 10.5 Å². The number of benzene rings is 1. The van der Waals surface area contributed by atoms with Gasteiger partial charge >= 0.3 is 0 Å². The Hall–Kier alpha value is -0.100. The quantitative estimate of drug-likeness (QED) is 0.472. The highest BCUT2D eigenvalue weighted by Crippen LogP contribution is 2.36. The molecule has 0 unspecified atom stereocenters. The number of nitrogens with one attached hydrogen (secondary N) is 1. The van der Waals surface area contributed by atoms with Crippen LogP contribution < -0.4 is 11.1 Å². The number of halogens is 4. The Bertz CT molecular complexity index is 400. The summed E-state index contributed by atoms with van der Waals surface area (Å²) < 4.78 is 13.9. The van der Waals surface area contributed by atoms with Gasteiger partial charge in [0.15, 0.2) is 10.9 Å². The van der Waals surface area contributed by atoms with Crippen molar-refractivity contribution in [2.75, 3.05) is 5.32 Å². The number of thiocarbonyl (C=S) groups is 1. The molecule has 1 rings (SSSR count). The maximum Gasteiger partial charge on any atom is 0.168 e. The van der Waals surface area contributed by atoms with Crippen molar-refractivity contribution in [1.82, 2.24) is 0 Å². The van der Waals surface area contributed by atoms with E-state index in [-0.39, 0.29) is 20.8 Å². The van der Waals surface area contributed by atoms with Crippen molar-refractivity contribution in [3.8, 4) is 0 Å². The summed E-state index contributed by atoms with van der Waals surface area (Å²) >= 11 is 18.9. The highest BCUT2D eigenvalue weighted by molar-refractivity contribution is 9.10. The van der Waals surface area contributed by atoms with Crippen LogP contribution in [0.5, 0.6) is 0 Å². The summed E-state index contributed by atoms with van der Waals surface area (Å²) in [6.45, 7) is 0. The lowest BCUT2D eigenvalue weighted by atomic mass is 10.3. The molecule has 7 heteroatoms. The van der Waals surface area contributed by atoms with Crippen molar-refractivity contribution < 1.29 is 4.39 Å². The standard InChI is InChI=1S/C7H4BrCl2FN2S/c8-2-1-3(9)4(10)5(11)6(2)13-7(12)14/h1H,(H3,12,13,14). The summed E-state index contributed by atoms with van der Waals surface area (Å²) in [5.41, 5.74) is 5.28. The van der Waals surface area contributed by atoms with E-state index >= 15 is 0 Å². The first-order chi connectivity index (χ1) is 6.43. The van der Waals surface area contributed by atoms with Crippen LogP contribution in [-0.4, -0.2) is 5.11 Å². The van der Waals surface area contributed by atoms with E-state index in [2.05, 4.69) is 33.5 Å². The molecule has 0 saturated heterocycles. The first-order valence-corrected chi connectivity index (χ1v) is 5.28. The average Bonchev–Trinajstić information content (AvgIpc) is 2.09. The van der Waals surface area contributed by atoms with E-state index < -0.39 is 5.82 Å². The molecule has 0 bridgehead atoms. The summed E-state index contributed by atoms with van der Waals surface area (Å²) in [6, 6.07) is 1.45. The van der Waals surface area contributed by atoms with E-state index in [9.17, 15) is 4.39 Å². The summed E-state index contributed by atoms with van der Waals surface area (Å²) in [5.74, 6) is -0.696. The molecule has 0 amide bonds. The maximum absolute atomic E-state index is 13.5. The van der Waals surface area contributed by atoms with Crippen LogP contribution >= 0.6 is 51.3 Å². The monoisotopic (exact) mass is 316 g/mol. The molecule has 0 heterocycles. The molecule has 3 N–H and O–H groups in total. The van der Waals surface area contributed by atoms with Crippen LogP contribution in [-0.2, 0) is 0 Å². The van der Waals surface area contributed by atoms with Gasteiger partial charge in [0.05, 0.1) is 15.7 Å².